The third-order valence-electron chi connectivity index (χ3n) is 4.77. The number of imidazole rings is 1. The Morgan fingerprint density at radius 2 is 1.41 bits per heavy atom. The molecule has 0 bridgehead atoms. The topological polar surface area (TPSA) is 165 Å². The first-order valence-corrected chi connectivity index (χ1v) is 14.2. The highest BCUT2D eigenvalue weighted by molar-refractivity contribution is 7.99. The molecule has 0 aliphatic rings. The number of H-pyrrole nitrogens is 1. The lowest BCUT2D eigenvalue weighted by Gasteiger charge is -2.07. The van der Waals surface area contributed by atoms with Gasteiger partial charge in [-0.25, -0.2) is 15.0 Å². The monoisotopic (exact) mass is 554 g/mol. The zero-order valence-corrected chi connectivity index (χ0v) is 22.8. The van der Waals surface area contributed by atoms with Gasteiger partial charge >= 0.3 is 11.9 Å². The summed E-state index contributed by atoms with van der Waals surface area (Å²) in [5.74, 6) is 0.271. The Balaban J connectivity index is 1.69. The zero-order chi connectivity index (χ0) is 26.9. The van der Waals surface area contributed by atoms with Gasteiger partial charge in [-0.3, -0.25) is 19.2 Å². The Labute approximate surface area is 224 Å². The van der Waals surface area contributed by atoms with Crippen LogP contribution in [0.5, 0.6) is 0 Å². The number of aromatic nitrogens is 4. The Kier molecular flexibility index (Phi) is 14.4. The van der Waals surface area contributed by atoms with E-state index in [1.807, 2.05) is 0 Å². The molecule has 3 N–H and O–H groups in total. The highest BCUT2D eigenvalue weighted by Crippen LogP contribution is 2.27. The number of nitrogens with one attached hydrogen (secondary N) is 3. The van der Waals surface area contributed by atoms with Gasteiger partial charge in [-0.2, -0.15) is 0 Å². The minimum absolute atomic E-state index is 0.108. The van der Waals surface area contributed by atoms with Crippen LogP contribution in [0.4, 0.5) is 0 Å². The number of nitrogens with zero attached hydrogens (tertiary/aromatic N) is 3. The standard InChI is InChI=1S/C23H34N6O6S2/c1-3-34-18(32)13-24-16(30)9-5-7-11-36-22-20-21(27-15-26-20)28-23(29-22)37-12-8-6-10-17(31)25-14-19(33)35-4-2/h15H,3-14H2,1-2H3,(H,24,30)(H,25,31)(H,26,27,28,29). The molecule has 2 rings (SSSR count). The van der Waals surface area contributed by atoms with Crippen LogP contribution in [-0.2, 0) is 28.7 Å². The van der Waals surface area contributed by atoms with Gasteiger partial charge in [0, 0.05) is 18.6 Å². The highest BCUT2D eigenvalue weighted by atomic mass is 32.2. The van der Waals surface area contributed by atoms with Gasteiger partial charge in [0.1, 0.15) is 23.6 Å². The molecule has 2 aromatic rings. The normalized spacial score (nSPS) is 10.8. The molecule has 0 unspecified atom stereocenters. The minimum atomic E-state index is -0.442. The average molecular weight is 555 g/mol. The molecule has 0 aromatic carbocycles. The van der Waals surface area contributed by atoms with E-state index in [1.165, 1.54) is 11.8 Å². The fraction of sp³-hybridized carbons (Fsp3) is 0.609. The molecule has 14 heteroatoms. The lowest BCUT2D eigenvalue weighted by Crippen LogP contribution is -2.30. The molecule has 37 heavy (non-hydrogen) atoms. The number of rotatable bonds is 18. The highest BCUT2D eigenvalue weighted by Gasteiger charge is 2.12. The van der Waals surface area contributed by atoms with E-state index in [4.69, 9.17) is 9.47 Å². The third-order valence-corrected chi connectivity index (χ3v) is 6.76. The fourth-order valence-electron chi connectivity index (χ4n) is 3.01. The van der Waals surface area contributed by atoms with Crippen LogP contribution in [0.25, 0.3) is 11.2 Å². The van der Waals surface area contributed by atoms with Crippen LogP contribution in [0.2, 0.25) is 0 Å². The molecule has 0 radical (unpaired) electrons. The summed E-state index contributed by atoms with van der Waals surface area (Å²) < 4.78 is 9.56. The number of unbranched alkanes of at least 4 members (excludes halogenated alkanes) is 2. The van der Waals surface area contributed by atoms with Crippen molar-refractivity contribution in [2.45, 2.75) is 62.6 Å². The Morgan fingerprint density at radius 3 is 1.97 bits per heavy atom. The lowest BCUT2D eigenvalue weighted by atomic mass is 10.2. The summed E-state index contributed by atoms with van der Waals surface area (Å²) in [5.41, 5.74) is 1.37. The second kappa shape index (κ2) is 17.6. The maximum Gasteiger partial charge on any atom is 0.325 e. The van der Waals surface area contributed by atoms with Crippen LogP contribution in [0, 0.1) is 0 Å². The smallest absolute Gasteiger partial charge is 0.325 e. The molecular weight excluding hydrogens is 520 g/mol. The third kappa shape index (κ3) is 12.3. The molecule has 0 spiro atoms. The zero-order valence-electron chi connectivity index (χ0n) is 21.2. The van der Waals surface area contributed by atoms with Gasteiger partial charge in [0.25, 0.3) is 0 Å². The van der Waals surface area contributed by atoms with Gasteiger partial charge in [0.05, 0.1) is 19.5 Å². The van der Waals surface area contributed by atoms with Crippen LogP contribution in [0.3, 0.4) is 0 Å². The molecule has 12 nitrogen and oxygen atoms in total. The van der Waals surface area contributed by atoms with Crippen molar-refractivity contribution in [1.82, 2.24) is 30.6 Å². The first-order valence-electron chi connectivity index (χ1n) is 12.2. The molecule has 2 aromatic heterocycles. The number of carbonyl (C=O) groups is 4. The van der Waals surface area contributed by atoms with Crippen LogP contribution in [0.1, 0.15) is 52.4 Å². The fourth-order valence-corrected chi connectivity index (χ4v) is 4.89. The Morgan fingerprint density at radius 1 is 0.838 bits per heavy atom. The van der Waals surface area contributed by atoms with Crippen LogP contribution in [-0.4, -0.2) is 81.5 Å². The first kappa shape index (κ1) is 30.4. The summed E-state index contributed by atoms with van der Waals surface area (Å²) in [6, 6.07) is 0. The van der Waals surface area contributed by atoms with Crippen molar-refractivity contribution in [1.29, 1.82) is 0 Å². The minimum Gasteiger partial charge on any atom is -0.465 e. The number of carbonyl (C=O) groups excluding carboxylic acids is 4. The summed E-state index contributed by atoms with van der Waals surface area (Å²) in [6.45, 7) is 3.79. The SMILES string of the molecule is CCOC(=O)CNC(=O)CCCCSc1nc(SCCCCC(=O)NCC(=O)OCC)c2[nH]cnc2n1. The van der Waals surface area contributed by atoms with Crippen LogP contribution >= 0.6 is 23.5 Å². The number of fused-ring (bicyclic) bond motifs is 1. The maximum atomic E-state index is 11.8. The van der Waals surface area contributed by atoms with Gasteiger partial charge in [0.2, 0.25) is 11.8 Å². The van der Waals surface area contributed by atoms with Gasteiger partial charge in [0.15, 0.2) is 10.8 Å². The van der Waals surface area contributed by atoms with Gasteiger partial charge in [-0.15, -0.1) is 11.8 Å². The van der Waals surface area contributed by atoms with Crippen molar-refractivity contribution >= 4 is 58.4 Å². The van der Waals surface area contributed by atoms with E-state index in [0.717, 1.165) is 34.9 Å². The number of amides is 2. The first-order chi connectivity index (χ1) is 17.9. The molecule has 0 atom stereocenters. The van der Waals surface area contributed by atoms with E-state index in [1.54, 1.807) is 31.9 Å². The summed E-state index contributed by atoms with van der Waals surface area (Å²) in [5, 5.41) is 6.53. The second-order valence-electron chi connectivity index (χ2n) is 7.69. The summed E-state index contributed by atoms with van der Waals surface area (Å²) in [6.07, 6.45) is 5.22. The number of aromatic amines is 1. The molecule has 0 saturated heterocycles. The molecule has 2 heterocycles. The molecular formula is C23H34N6O6S2. The Bertz CT molecular complexity index is 1030. The van der Waals surface area contributed by atoms with Crippen LogP contribution < -0.4 is 10.6 Å². The molecule has 0 aliphatic heterocycles. The van der Waals surface area contributed by atoms with Crippen molar-refractivity contribution < 1.29 is 28.7 Å². The summed E-state index contributed by atoms with van der Waals surface area (Å²) >= 11 is 3.07. The molecule has 0 fully saturated rings. The number of hydrogen-bond acceptors (Lipinski definition) is 11. The average Bonchev–Trinajstić information content (AvgIpc) is 3.35. The quantitative estimate of drug-likeness (QED) is 0.0813. The second-order valence-corrected chi connectivity index (χ2v) is 9.83. The number of esters is 2. The molecule has 2 amide bonds. The van der Waals surface area contributed by atoms with Gasteiger partial charge in [-0.1, -0.05) is 11.8 Å². The number of ether oxygens (including phenoxy) is 2. The van der Waals surface area contributed by atoms with Crippen molar-refractivity contribution in [3.63, 3.8) is 0 Å². The summed E-state index contributed by atoms with van der Waals surface area (Å²) in [4.78, 5) is 62.7. The predicted molar refractivity (Wildman–Crippen MR) is 140 cm³/mol. The van der Waals surface area contributed by atoms with Gasteiger partial charge in [-0.05, 0) is 45.3 Å². The molecule has 0 aliphatic carbocycles. The van der Waals surface area contributed by atoms with E-state index in [0.29, 0.717) is 36.5 Å². The predicted octanol–water partition coefficient (Wildman–Crippen LogP) is 2.24. The molecule has 0 saturated carbocycles. The van der Waals surface area contributed by atoms with Crippen molar-refractivity contribution in [2.75, 3.05) is 37.8 Å². The van der Waals surface area contributed by atoms with Crippen LogP contribution in [0.15, 0.2) is 16.5 Å². The lowest BCUT2D eigenvalue weighted by molar-refractivity contribution is -0.143. The van der Waals surface area contributed by atoms with E-state index in [-0.39, 0.29) is 38.1 Å². The largest absolute Gasteiger partial charge is 0.465 e. The van der Waals surface area contributed by atoms with Crippen molar-refractivity contribution in [3.8, 4) is 0 Å². The Hall–Kier alpha value is -2.87. The molecule has 204 valence electrons. The number of hydrogen-bond donors (Lipinski definition) is 3. The maximum absolute atomic E-state index is 11.8. The van der Waals surface area contributed by atoms with E-state index in [2.05, 4.69) is 30.6 Å². The van der Waals surface area contributed by atoms with Crippen molar-refractivity contribution in [3.05, 3.63) is 6.33 Å². The van der Waals surface area contributed by atoms with Crippen molar-refractivity contribution in [2.24, 2.45) is 0 Å². The van der Waals surface area contributed by atoms with E-state index >= 15 is 0 Å². The van der Waals surface area contributed by atoms with E-state index < -0.39 is 11.9 Å². The van der Waals surface area contributed by atoms with Gasteiger partial charge < -0.3 is 25.1 Å². The number of thioether (sulfide) groups is 2. The van der Waals surface area contributed by atoms with E-state index in [9.17, 15) is 19.2 Å². The summed E-state index contributed by atoms with van der Waals surface area (Å²) in [7, 11) is 0.